The number of hydrogen-bond acceptors (Lipinski definition) is 10. The topological polar surface area (TPSA) is 217 Å². The maximum atomic E-state index is 13.6. The molecule has 7 amide bonds. The summed E-state index contributed by atoms with van der Waals surface area (Å²) in [4.78, 5) is 92.8. The number of carbonyl (C=O) groups excluding carboxylic acids is 6. The number of aromatic amines is 1. The Balaban J connectivity index is 1.04. The summed E-state index contributed by atoms with van der Waals surface area (Å²) in [6.45, 7) is 4.58. The number of ether oxygens (including phenoxy) is 2. The van der Waals surface area contributed by atoms with E-state index < -0.39 is 48.2 Å². The zero-order valence-electron chi connectivity index (χ0n) is 32.7. The fraction of sp³-hybridized carbons (Fsp3) is 0.366. The third-order valence-corrected chi connectivity index (χ3v) is 10.3. The van der Waals surface area contributed by atoms with Gasteiger partial charge in [0.05, 0.1) is 49.7 Å². The van der Waals surface area contributed by atoms with Gasteiger partial charge in [0.2, 0.25) is 5.91 Å². The second-order valence-corrected chi connectivity index (χ2v) is 14.4. The zero-order valence-corrected chi connectivity index (χ0v) is 32.7. The van der Waals surface area contributed by atoms with E-state index in [4.69, 9.17) is 9.47 Å². The normalized spacial score (nSPS) is 17.3. The molecule has 2 fully saturated rings. The largest absolute Gasteiger partial charge is 0.453 e. The second-order valence-electron chi connectivity index (χ2n) is 14.4. The van der Waals surface area contributed by atoms with E-state index in [9.17, 15) is 28.8 Å². The third kappa shape index (κ3) is 9.42. The Morgan fingerprint density at radius 1 is 0.759 bits per heavy atom. The number of amides is 7. The number of pyridine rings is 1. The molecule has 0 saturated carbocycles. The summed E-state index contributed by atoms with van der Waals surface area (Å²) in [5.74, 6) is -0.789. The lowest BCUT2D eigenvalue weighted by Gasteiger charge is -2.30. The SMILES string of the molecule is COC(=O)N[C@H](C(=O)N1CCC[C@H]1c1ncc(-c2ccc(-c3ccc(NC(=O)NC(=O)[C@@H]4CCCN4C(=O)[C@H](NC(=O)OC)c4ccccc4)cn3)cc2)[nH]1)C(C)C. The predicted octanol–water partition coefficient (Wildman–Crippen LogP) is 4.92. The fourth-order valence-electron chi connectivity index (χ4n) is 7.24. The lowest BCUT2D eigenvalue weighted by molar-refractivity contribution is -0.139. The molecule has 2 aromatic heterocycles. The molecule has 0 aliphatic carbocycles. The molecule has 4 atom stereocenters. The number of anilines is 1. The Morgan fingerprint density at radius 2 is 1.43 bits per heavy atom. The highest BCUT2D eigenvalue weighted by Crippen LogP contribution is 2.33. The van der Waals surface area contributed by atoms with Crippen LogP contribution in [0.5, 0.6) is 0 Å². The van der Waals surface area contributed by atoms with Crippen LogP contribution >= 0.6 is 0 Å². The molecule has 5 N–H and O–H groups in total. The minimum Gasteiger partial charge on any atom is -0.453 e. The molecule has 2 aliphatic rings. The number of imide groups is 1. The first kappa shape index (κ1) is 40.9. The Kier molecular flexibility index (Phi) is 13.0. The third-order valence-electron chi connectivity index (χ3n) is 10.3. The monoisotopic (exact) mass is 793 g/mol. The van der Waals surface area contributed by atoms with Crippen LogP contribution in [0, 0.1) is 5.92 Å². The van der Waals surface area contributed by atoms with E-state index in [0.29, 0.717) is 42.2 Å². The number of likely N-dealkylation sites (tertiary alicyclic amines) is 2. The number of benzene rings is 2. The van der Waals surface area contributed by atoms with Crippen LogP contribution in [0.4, 0.5) is 20.1 Å². The number of methoxy groups -OCH3 is 2. The Morgan fingerprint density at radius 3 is 2.10 bits per heavy atom. The van der Waals surface area contributed by atoms with Crippen LogP contribution in [0.3, 0.4) is 0 Å². The molecule has 17 heteroatoms. The van der Waals surface area contributed by atoms with Crippen molar-refractivity contribution in [1.29, 1.82) is 0 Å². The number of hydrogen-bond donors (Lipinski definition) is 5. The summed E-state index contributed by atoms with van der Waals surface area (Å²) in [6.07, 6.45) is 4.20. The van der Waals surface area contributed by atoms with Crippen LogP contribution in [0.1, 0.15) is 63.0 Å². The molecule has 2 saturated heterocycles. The molecular formula is C41H47N9O8. The minimum absolute atomic E-state index is 0.135. The van der Waals surface area contributed by atoms with Gasteiger partial charge in [-0.05, 0) is 54.9 Å². The predicted molar refractivity (Wildman–Crippen MR) is 212 cm³/mol. The lowest BCUT2D eigenvalue weighted by Crippen LogP contribution is -2.51. The van der Waals surface area contributed by atoms with Crippen molar-refractivity contribution in [3.8, 4) is 22.5 Å². The molecule has 17 nitrogen and oxygen atoms in total. The van der Waals surface area contributed by atoms with Gasteiger partial charge in [0, 0.05) is 18.7 Å². The van der Waals surface area contributed by atoms with E-state index in [2.05, 4.69) is 36.2 Å². The molecular weight excluding hydrogens is 747 g/mol. The van der Waals surface area contributed by atoms with Crippen molar-refractivity contribution >= 4 is 41.6 Å². The van der Waals surface area contributed by atoms with E-state index in [-0.39, 0.29) is 24.4 Å². The van der Waals surface area contributed by atoms with Crippen LogP contribution in [0.2, 0.25) is 0 Å². The smallest absolute Gasteiger partial charge is 0.407 e. The van der Waals surface area contributed by atoms with Crippen molar-refractivity contribution in [2.24, 2.45) is 5.92 Å². The number of imidazole rings is 1. The van der Waals surface area contributed by atoms with Crippen LogP contribution in [-0.2, 0) is 23.9 Å². The van der Waals surface area contributed by atoms with Crippen LogP contribution in [0.15, 0.2) is 79.1 Å². The number of carbonyl (C=O) groups is 6. The zero-order chi connectivity index (χ0) is 41.3. The van der Waals surface area contributed by atoms with Crippen molar-refractivity contribution in [3.63, 3.8) is 0 Å². The molecule has 6 rings (SSSR count). The molecule has 0 spiro atoms. The fourth-order valence-corrected chi connectivity index (χ4v) is 7.24. The van der Waals surface area contributed by atoms with E-state index in [1.807, 2.05) is 38.1 Å². The van der Waals surface area contributed by atoms with Gasteiger partial charge < -0.3 is 40.2 Å². The summed E-state index contributed by atoms with van der Waals surface area (Å²) in [6, 6.07) is 16.0. The number of H-pyrrole nitrogens is 1. The first-order valence-electron chi connectivity index (χ1n) is 19.1. The highest BCUT2D eigenvalue weighted by atomic mass is 16.5. The van der Waals surface area contributed by atoms with Gasteiger partial charge in [0.15, 0.2) is 0 Å². The Labute approximate surface area is 335 Å². The van der Waals surface area contributed by atoms with Gasteiger partial charge in [-0.15, -0.1) is 0 Å². The quantitative estimate of drug-likeness (QED) is 0.138. The van der Waals surface area contributed by atoms with E-state index >= 15 is 0 Å². The Bertz CT molecular complexity index is 2110. The molecule has 0 radical (unpaired) electrons. The summed E-state index contributed by atoms with van der Waals surface area (Å²) in [7, 11) is 2.46. The molecule has 4 aromatic rings. The molecule has 0 bridgehead atoms. The molecule has 2 aromatic carbocycles. The van der Waals surface area contributed by atoms with Gasteiger partial charge in [-0.1, -0.05) is 68.4 Å². The van der Waals surface area contributed by atoms with Crippen molar-refractivity contribution in [1.82, 2.24) is 40.7 Å². The van der Waals surface area contributed by atoms with Gasteiger partial charge in [-0.3, -0.25) is 24.7 Å². The average molecular weight is 794 g/mol. The highest BCUT2D eigenvalue weighted by Gasteiger charge is 2.40. The number of urea groups is 1. The van der Waals surface area contributed by atoms with Crippen LogP contribution in [0.25, 0.3) is 22.5 Å². The van der Waals surface area contributed by atoms with Gasteiger partial charge in [-0.2, -0.15) is 0 Å². The summed E-state index contributed by atoms with van der Waals surface area (Å²) in [5.41, 5.74) is 4.00. The average Bonchev–Trinajstić information content (AvgIpc) is 4.04. The first-order valence-corrected chi connectivity index (χ1v) is 19.1. The maximum absolute atomic E-state index is 13.6. The molecule has 2 aliphatic heterocycles. The molecule has 4 heterocycles. The molecule has 304 valence electrons. The number of nitrogens with one attached hydrogen (secondary N) is 5. The van der Waals surface area contributed by atoms with Crippen molar-refractivity contribution in [2.75, 3.05) is 32.6 Å². The first-order chi connectivity index (χ1) is 28.0. The van der Waals surface area contributed by atoms with E-state index in [1.54, 1.807) is 53.6 Å². The van der Waals surface area contributed by atoms with Crippen LogP contribution in [-0.4, -0.2) is 100 Å². The van der Waals surface area contributed by atoms with Crippen molar-refractivity contribution in [2.45, 2.75) is 63.7 Å². The van der Waals surface area contributed by atoms with E-state index in [0.717, 1.165) is 29.7 Å². The number of alkyl carbamates (subject to hydrolysis) is 2. The summed E-state index contributed by atoms with van der Waals surface area (Å²) < 4.78 is 9.45. The summed E-state index contributed by atoms with van der Waals surface area (Å²) in [5, 5.41) is 10.2. The Hall–Kier alpha value is -6.78. The van der Waals surface area contributed by atoms with Gasteiger partial charge >= 0.3 is 18.2 Å². The number of nitrogens with zero attached hydrogens (tertiary/aromatic N) is 4. The molecule has 0 unspecified atom stereocenters. The molecule has 58 heavy (non-hydrogen) atoms. The highest BCUT2D eigenvalue weighted by molar-refractivity contribution is 6.04. The van der Waals surface area contributed by atoms with Gasteiger partial charge in [-0.25, -0.2) is 19.4 Å². The minimum atomic E-state index is -1.08. The van der Waals surface area contributed by atoms with Gasteiger partial charge in [0.1, 0.15) is 23.9 Å². The second kappa shape index (κ2) is 18.4. The number of aromatic nitrogens is 3. The lowest BCUT2D eigenvalue weighted by atomic mass is 10.0. The van der Waals surface area contributed by atoms with E-state index in [1.165, 1.54) is 25.3 Å². The van der Waals surface area contributed by atoms with Crippen molar-refractivity contribution in [3.05, 3.63) is 90.5 Å². The van der Waals surface area contributed by atoms with Crippen LogP contribution < -0.4 is 21.3 Å². The maximum Gasteiger partial charge on any atom is 0.407 e. The van der Waals surface area contributed by atoms with Crippen molar-refractivity contribution < 1.29 is 38.2 Å². The summed E-state index contributed by atoms with van der Waals surface area (Å²) >= 11 is 0. The van der Waals surface area contributed by atoms with Gasteiger partial charge in [0.25, 0.3) is 11.8 Å². The standard InChI is InChI=1S/C41H47N9O8/c1-24(2)33(46-40(55)57-3)37(52)49-20-8-12-31(49)35-43-23-30(45-35)26-16-14-25(15-17-26)29-19-18-28(22-42-29)44-39(54)48-36(51)32-13-9-21-50(32)38(53)34(47-41(56)58-4)27-10-6-5-7-11-27/h5-7,10-11,14-19,22-24,31-34H,8-9,12-13,20-21H2,1-4H3,(H,43,45)(H,46,55)(H,47,56)(H2,44,48,51,54)/t31-,32-,33-,34+/m0/s1. The number of rotatable bonds is 11.